The molecule has 4 rings (SSSR count). The van der Waals surface area contributed by atoms with Gasteiger partial charge in [0, 0.05) is 13.1 Å². The van der Waals surface area contributed by atoms with Gasteiger partial charge in [-0.3, -0.25) is 0 Å². The van der Waals surface area contributed by atoms with E-state index in [0.29, 0.717) is 0 Å². The summed E-state index contributed by atoms with van der Waals surface area (Å²) in [7, 11) is 2.15. The molecule has 1 saturated heterocycles. The first-order chi connectivity index (χ1) is 14.8. The maximum absolute atomic E-state index is 9.60. The molecule has 0 aliphatic carbocycles. The summed E-state index contributed by atoms with van der Waals surface area (Å²) in [6.07, 6.45) is 1.99. The number of nitrogens with one attached hydrogen (secondary N) is 1. The largest absolute Gasteiger partial charge is 0.508 e. The van der Waals surface area contributed by atoms with Crippen molar-refractivity contribution in [3.05, 3.63) is 59.9 Å². The number of hydrogen-bond acceptors (Lipinski definition) is 6. The van der Waals surface area contributed by atoms with Crippen molar-refractivity contribution in [3.63, 3.8) is 0 Å². The van der Waals surface area contributed by atoms with Crippen LogP contribution in [-0.2, 0) is 14.3 Å². The molecule has 0 bridgehead atoms. The second-order valence-corrected chi connectivity index (χ2v) is 7.36. The van der Waals surface area contributed by atoms with Crippen molar-refractivity contribution in [2.75, 3.05) is 20.1 Å². The van der Waals surface area contributed by atoms with Crippen LogP contribution in [0.4, 0.5) is 0 Å². The minimum atomic E-state index is -1.82. The molecule has 2 heterocycles. The predicted molar refractivity (Wildman–Crippen MR) is 113 cm³/mol. The highest BCUT2D eigenvalue weighted by Crippen LogP contribution is 2.30. The number of piperidine rings is 1. The first-order valence-electron chi connectivity index (χ1n) is 9.87. The minimum absolute atomic E-state index is 0.211. The Morgan fingerprint density at radius 3 is 2.26 bits per heavy atom. The number of aromatic amines is 1. The maximum atomic E-state index is 9.60. The Hall–Kier alpha value is -3.43. The van der Waals surface area contributed by atoms with E-state index in [-0.39, 0.29) is 18.0 Å². The van der Waals surface area contributed by atoms with Crippen LogP contribution < -0.4 is 0 Å². The molecule has 1 fully saturated rings. The number of carboxylic acids is 2. The van der Waals surface area contributed by atoms with Crippen molar-refractivity contribution >= 4 is 23.0 Å². The zero-order valence-corrected chi connectivity index (χ0v) is 17.1. The highest BCUT2D eigenvalue weighted by Gasteiger charge is 2.25. The number of aromatic hydroxyl groups is 1. The summed E-state index contributed by atoms with van der Waals surface area (Å²) < 4.78 is 6.48. The smallest absolute Gasteiger partial charge is 0.414 e. The monoisotopic (exact) mass is 427 g/mol. The molecule has 2 aromatic carbocycles. The number of imidazole rings is 1. The number of aliphatic carboxylic acids is 2. The van der Waals surface area contributed by atoms with E-state index in [0.717, 1.165) is 48.4 Å². The number of hydrogen-bond donors (Lipinski definition) is 4. The molecule has 0 spiro atoms. The number of rotatable bonds is 4. The number of ether oxygens (including phenoxy) is 1. The van der Waals surface area contributed by atoms with Gasteiger partial charge in [0.25, 0.3) is 0 Å². The molecule has 1 atom stereocenters. The Morgan fingerprint density at radius 1 is 1.06 bits per heavy atom. The van der Waals surface area contributed by atoms with Crippen molar-refractivity contribution in [1.82, 2.24) is 14.9 Å². The van der Waals surface area contributed by atoms with Gasteiger partial charge in [-0.1, -0.05) is 24.3 Å². The van der Waals surface area contributed by atoms with Crippen LogP contribution in [0.2, 0.25) is 0 Å². The fourth-order valence-electron chi connectivity index (χ4n) is 3.36. The third kappa shape index (κ3) is 6.03. The van der Waals surface area contributed by atoms with Crippen LogP contribution in [0.5, 0.6) is 5.75 Å². The Kier molecular flexibility index (Phi) is 7.22. The summed E-state index contributed by atoms with van der Waals surface area (Å²) in [5.74, 6) is -2.58. The van der Waals surface area contributed by atoms with Gasteiger partial charge in [-0.25, -0.2) is 14.6 Å². The van der Waals surface area contributed by atoms with Crippen LogP contribution in [0.1, 0.15) is 30.3 Å². The first-order valence-corrected chi connectivity index (χ1v) is 9.87. The van der Waals surface area contributed by atoms with E-state index in [1.54, 1.807) is 12.1 Å². The lowest BCUT2D eigenvalue weighted by molar-refractivity contribution is -0.159. The molecule has 0 saturated carbocycles. The molecule has 1 aliphatic rings. The molecule has 3 aromatic rings. The molecule has 0 amide bonds. The lowest BCUT2D eigenvalue weighted by atomic mass is 10.1. The Labute approximate surface area is 178 Å². The highest BCUT2D eigenvalue weighted by molar-refractivity contribution is 6.27. The van der Waals surface area contributed by atoms with Gasteiger partial charge < -0.3 is 29.9 Å². The van der Waals surface area contributed by atoms with Crippen molar-refractivity contribution < 1.29 is 29.6 Å². The van der Waals surface area contributed by atoms with E-state index < -0.39 is 11.9 Å². The Bertz CT molecular complexity index is 980. The van der Waals surface area contributed by atoms with Gasteiger partial charge in [0.2, 0.25) is 0 Å². The van der Waals surface area contributed by atoms with Gasteiger partial charge >= 0.3 is 11.9 Å². The minimum Gasteiger partial charge on any atom is -0.508 e. The van der Waals surface area contributed by atoms with E-state index in [1.165, 1.54) is 0 Å². The predicted octanol–water partition coefficient (Wildman–Crippen LogP) is 2.62. The Balaban J connectivity index is 0.000000401. The number of likely N-dealkylation sites (tertiary alicyclic amines) is 1. The van der Waals surface area contributed by atoms with Gasteiger partial charge in [-0.05, 0) is 49.7 Å². The summed E-state index contributed by atoms with van der Waals surface area (Å²) in [4.78, 5) is 28.7. The number of aromatic nitrogens is 2. The lowest BCUT2D eigenvalue weighted by Crippen LogP contribution is -2.35. The van der Waals surface area contributed by atoms with Crippen molar-refractivity contribution in [3.8, 4) is 5.75 Å². The molecule has 1 aliphatic heterocycles. The van der Waals surface area contributed by atoms with E-state index in [4.69, 9.17) is 29.5 Å². The third-order valence-electron chi connectivity index (χ3n) is 5.03. The molecule has 9 heteroatoms. The molecule has 164 valence electrons. The molecule has 4 N–H and O–H groups in total. The number of H-pyrrole nitrogens is 1. The van der Waals surface area contributed by atoms with E-state index in [1.807, 2.05) is 36.4 Å². The average Bonchev–Trinajstić information content (AvgIpc) is 3.18. The molecule has 1 aromatic heterocycles. The van der Waals surface area contributed by atoms with Crippen LogP contribution in [0.25, 0.3) is 11.0 Å². The van der Waals surface area contributed by atoms with Crippen molar-refractivity contribution in [1.29, 1.82) is 0 Å². The number of para-hydroxylation sites is 2. The maximum Gasteiger partial charge on any atom is 0.414 e. The molecule has 9 nitrogen and oxygen atoms in total. The quantitative estimate of drug-likeness (QED) is 0.467. The van der Waals surface area contributed by atoms with Crippen LogP contribution in [0.3, 0.4) is 0 Å². The van der Waals surface area contributed by atoms with E-state index in [2.05, 4.69) is 16.9 Å². The number of phenolic OH excluding ortho intramolecular Hbond substituents is 1. The third-order valence-corrected chi connectivity index (χ3v) is 5.03. The fourth-order valence-corrected chi connectivity index (χ4v) is 3.36. The number of fused-ring (bicyclic) bond motifs is 1. The summed E-state index contributed by atoms with van der Waals surface area (Å²) in [6.45, 7) is 2.10. The lowest BCUT2D eigenvalue weighted by Gasteiger charge is -2.31. The normalized spacial score (nSPS) is 15.8. The van der Waals surface area contributed by atoms with Gasteiger partial charge in [0.1, 0.15) is 17.7 Å². The number of nitrogens with zero attached hydrogens (tertiary/aromatic N) is 2. The second-order valence-electron chi connectivity index (χ2n) is 7.36. The summed E-state index contributed by atoms with van der Waals surface area (Å²) >= 11 is 0. The second kappa shape index (κ2) is 10.1. The zero-order chi connectivity index (χ0) is 22.4. The van der Waals surface area contributed by atoms with E-state index >= 15 is 0 Å². The summed E-state index contributed by atoms with van der Waals surface area (Å²) in [5, 5.41) is 24.4. The topological polar surface area (TPSA) is 136 Å². The number of carboxylic acid groups (broad SMARTS) is 2. The van der Waals surface area contributed by atoms with Gasteiger partial charge in [-0.2, -0.15) is 0 Å². The van der Waals surface area contributed by atoms with Crippen LogP contribution in [0, 0.1) is 0 Å². The zero-order valence-electron chi connectivity index (χ0n) is 17.1. The SMILES string of the molecule is CN1CCC(OC(c2ccc(O)cc2)c2nc3ccccc3[nH]2)CC1.O=C(O)C(=O)O. The van der Waals surface area contributed by atoms with Crippen molar-refractivity contribution in [2.24, 2.45) is 0 Å². The average molecular weight is 427 g/mol. The van der Waals surface area contributed by atoms with Gasteiger partial charge in [0.05, 0.1) is 17.1 Å². The Morgan fingerprint density at radius 2 is 1.68 bits per heavy atom. The van der Waals surface area contributed by atoms with Crippen molar-refractivity contribution in [2.45, 2.75) is 25.0 Å². The number of carbonyl (C=O) groups is 2. The molecular formula is C22H25N3O6. The van der Waals surface area contributed by atoms with Gasteiger partial charge in [0.15, 0.2) is 0 Å². The van der Waals surface area contributed by atoms with Crippen LogP contribution >= 0.6 is 0 Å². The fraction of sp³-hybridized carbons (Fsp3) is 0.318. The van der Waals surface area contributed by atoms with Crippen LogP contribution in [-0.4, -0.2) is 68.4 Å². The standard InChI is InChI=1S/C20H23N3O2.C2H2O4/c1-23-12-10-16(11-13-23)25-19(14-6-8-15(24)9-7-14)20-21-17-4-2-3-5-18(17)22-20;3-1(4)2(5)6/h2-9,16,19,24H,10-13H2,1H3,(H,21,22);(H,3,4)(H,5,6). The summed E-state index contributed by atoms with van der Waals surface area (Å²) in [6, 6.07) is 15.2. The van der Waals surface area contributed by atoms with E-state index in [9.17, 15) is 5.11 Å². The molecular weight excluding hydrogens is 402 g/mol. The number of phenols is 1. The highest BCUT2D eigenvalue weighted by atomic mass is 16.5. The summed E-state index contributed by atoms with van der Waals surface area (Å²) in [5.41, 5.74) is 2.94. The number of benzene rings is 2. The molecule has 0 radical (unpaired) electrons. The van der Waals surface area contributed by atoms with Gasteiger partial charge in [-0.15, -0.1) is 0 Å². The molecule has 1 unspecified atom stereocenters. The molecule has 31 heavy (non-hydrogen) atoms. The van der Waals surface area contributed by atoms with Crippen LogP contribution in [0.15, 0.2) is 48.5 Å². The first kappa shape index (κ1) is 22.3.